The molecule has 1 unspecified atom stereocenters. The molecule has 2 rings (SSSR count). The van der Waals surface area contributed by atoms with Gasteiger partial charge in [-0.3, -0.25) is 0 Å². The third-order valence-corrected chi connectivity index (χ3v) is 5.06. The van der Waals surface area contributed by atoms with E-state index in [-0.39, 0.29) is 0 Å². The van der Waals surface area contributed by atoms with E-state index >= 15 is 0 Å². The van der Waals surface area contributed by atoms with Gasteiger partial charge in [-0.05, 0) is 60.3 Å². The van der Waals surface area contributed by atoms with Crippen LogP contribution < -0.4 is 5.32 Å². The molecule has 0 aliphatic rings. The van der Waals surface area contributed by atoms with Gasteiger partial charge in [0.1, 0.15) is 0 Å². The molecule has 2 nitrogen and oxygen atoms in total. The van der Waals surface area contributed by atoms with Gasteiger partial charge in [0.2, 0.25) is 0 Å². The van der Waals surface area contributed by atoms with E-state index in [1.54, 1.807) is 11.3 Å². The van der Waals surface area contributed by atoms with Crippen molar-refractivity contribution in [1.82, 2.24) is 10.3 Å². The Balaban J connectivity index is 2.25. The highest BCUT2D eigenvalue weighted by Crippen LogP contribution is 2.26. The normalized spacial score (nSPS) is 12.7. The fraction of sp³-hybridized carbons (Fsp3) is 0.308. The van der Waals surface area contributed by atoms with E-state index in [1.165, 1.54) is 9.13 Å². The Bertz CT molecular complexity index is 542. The van der Waals surface area contributed by atoms with Crippen molar-refractivity contribution in [3.8, 4) is 0 Å². The Morgan fingerprint density at radius 2 is 2.28 bits per heavy atom. The van der Waals surface area contributed by atoms with Gasteiger partial charge in [0, 0.05) is 25.9 Å². The average Bonchev–Trinajstić information content (AvgIpc) is 2.75. The number of hydrogen-bond acceptors (Lipinski definition) is 3. The van der Waals surface area contributed by atoms with Gasteiger partial charge in [0.25, 0.3) is 0 Å². The van der Waals surface area contributed by atoms with Gasteiger partial charge in [0.15, 0.2) is 0 Å². The van der Waals surface area contributed by atoms with Gasteiger partial charge >= 0.3 is 0 Å². The van der Waals surface area contributed by atoms with Gasteiger partial charge in [-0.15, -0.1) is 11.3 Å². The monoisotopic (exact) mass is 436 g/mol. The summed E-state index contributed by atoms with van der Waals surface area (Å²) in [5.74, 6) is 0. The van der Waals surface area contributed by atoms with Crippen LogP contribution in [0, 0.1) is 10.5 Å². The Hall–Kier alpha value is 0.0200. The van der Waals surface area contributed by atoms with Gasteiger partial charge in [-0.1, -0.05) is 15.9 Å². The molecule has 0 aliphatic carbocycles. The van der Waals surface area contributed by atoms with E-state index in [2.05, 4.69) is 72.4 Å². The molecule has 0 fully saturated rings. The number of benzene rings is 1. The second kappa shape index (κ2) is 6.45. The molecular weight excluding hydrogens is 423 g/mol. The second-order valence-electron chi connectivity index (χ2n) is 4.07. The number of aryl methyl sites for hydroxylation is 1. The maximum absolute atomic E-state index is 4.54. The topological polar surface area (TPSA) is 24.9 Å². The van der Waals surface area contributed by atoms with E-state index in [4.69, 9.17) is 0 Å². The number of likely N-dealkylation sites (N-methyl/N-ethyl adjacent to an activating group) is 1. The van der Waals surface area contributed by atoms with Crippen molar-refractivity contribution in [2.45, 2.75) is 19.4 Å². The maximum atomic E-state index is 4.54. The molecule has 5 heteroatoms. The van der Waals surface area contributed by atoms with Gasteiger partial charge in [-0.25, -0.2) is 4.98 Å². The summed E-state index contributed by atoms with van der Waals surface area (Å²) in [5, 5.41) is 6.66. The summed E-state index contributed by atoms with van der Waals surface area (Å²) in [6.45, 7) is 2.05. The smallest absolute Gasteiger partial charge is 0.0897 e. The zero-order chi connectivity index (χ0) is 13.1. The van der Waals surface area contributed by atoms with Gasteiger partial charge in [-0.2, -0.15) is 0 Å². The fourth-order valence-electron chi connectivity index (χ4n) is 1.86. The first-order valence-corrected chi connectivity index (χ1v) is 8.38. The van der Waals surface area contributed by atoms with Crippen LogP contribution in [0.5, 0.6) is 0 Å². The number of nitrogens with one attached hydrogen (secondary N) is 1. The van der Waals surface area contributed by atoms with Crippen LogP contribution in [0.1, 0.15) is 22.3 Å². The standard InChI is InChI=1S/C13H14BrIN2S/c1-8-17-10(7-18-8)6-13(16-2)11-5-9(14)3-4-12(11)15/h3-5,7,13,16H,6H2,1-2H3. The number of nitrogens with zero attached hydrogens (tertiary/aromatic N) is 1. The van der Waals surface area contributed by atoms with E-state index < -0.39 is 0 Å². The molecule has 0 spiro atoms. The lowest BCUT2D eigenvalue weighted by Gasteiger charge is -2.17. The summed E-state index contributed by atoms with van der Waals surface area (Å²) in [6, 6.07) is 6.69. The third kappa shape index (κ3) is 3.53. The molecule has 0 amide bonds. The first-order valence-electron chi connectivity index (χ1n) is 5.63. The third-order valence-electron chi connectivity index (χ3n) is 2.76. The minimum Gasteiger partial charge on any atom is -0.313 e. The second-order valence-corrected chi connectivity index (χ2v) is 7.21. The number of thiazole rings is 1. The van der Waals surface area contributed by atoms with E-state index in [9.17, 15) is 0 Å². The van der Waals surface area contributed by atoms with Crippen molar-refractivity contribution in [1.29, 1.82) is 0 Å². The van der Waals surface area contributed by atoms with Crippen LogP contribution in [0.4, 0.5) is 0 Å². The number of hydrogen-bond donors (Lipinski definition) is 1. The zero-order valence-electron chi connectivity index (χ0n) is 10.2. The molecular formula is C13H14BrIN2S. The number of halogens is 2. The molecule has 1 aromatic heterocycles. The molecule has 0 aliphatic heterocycles. The average molecular weight is 437 g/mol. The van der Waals surface area contributed by atoms with Crippen LogP contribution in [-0.2, 0) is 6.42 Å². The molecule has 0 bridgehead atoms. The van der Waals surface area contributed by atoms with Crippen LogP contribution in [0.3, 0.4) is 0 Å². The number of aromatic nitrogens is 1. The molecule has 1 heterocycles. The molecule has 18 heavy (non-hydrogen) atoms. The highest BCUT2D eigenvalue weighted by atomic mass is 127. The summed E-state index contributed by atoms with van der Waals surface area (Å²) >= 11 is 7.63. The van der Waals surface area contributed by atoms with E-state index in [0.29, 0.717) is 6.04 Å². The van der Waals surface area contributed by atoms with Crippen LogP contribution in [0.25, 0.3) is 0 Å². The Morgan fingerprint density at radius 3 is 2.89 bits per heavy atom. The van der Waals surface area contributed by atoms with Crippen molar-refractivity contribution in [3.05, 3.63) is 47.9 Å². The predicted molar refractivity (Wildman–Crippen MR) is 89.2 cm³/mol. The van der Waals surface area contributed by atoms with Crippen LogP contribution in [-0.4, -0.2) is 12.0 Å². The zero-order valence-corrected chi connectivity index (χ0v) is 14.8. The molecule has 1 aromatic carbocycles. The summed E-state index contributed by atoms with van der Waals surface area (Å²) in [5.41, 5.74) is 2.48. The lowest BCUT2D eigenvalue weighted by atomic mass is 10.0. The van der Waals surface area contributed by atoms with Crippen LogP contribution in [0.2, 0.25) is 0 Å². The van der Waals surface area contributed by atoms with Crippen molar-refractivity contribution >= 4 is 49.9 Å². The highest BCUT2D eigenvalue weighted by Gasteiger charge is 2.15. The largest absolute Gasteiger partial charge is 0.313 e. The van der Waals surface area contributed by atoms with E-state index in [0.717, 1.165) is 21.6 Å². The first-order chi connectivity index (χ1) is 8.60. The molecule has 96 valence electrons. The Kier molecular flexibility index (Phi) is 5.17. The minimum absolute atomic E-state index is 0.302. The summed E-state index contributed by atoms with van der Waals surface area (Å²) in [4.78, 5) is 4.54. The van der Waals surface area contributed by atoms with E-state index in [1.807, 2.05) is 14.0 Å². The lowest BCUT2D eigenvalue weighted by Crippen LogP contribution is -2.20. The fourth-order valence-corrected chi connectivity index (χ4v) is 3.58. The highest BCUT2D eigenvalue weighted by molar-refractivity contribution is 14.1. The quantitative estimate of drug-likeness (QED) is 0.722. The molecule has 2 aromatic rings. The molecule has 1 N–H and O–H groups in total. The predicted octanol–water partition coefficient (Wildman–Crippen LogP) is 4.32. The summed E-state index contributed by atoms with van der Waals surface area (Å²) in [7, 11) is 2.00. The van der Waals surface area contributed by atoms with Crippen LogP contribution >= 0.6 is 49.9 Å². The minimum atomic E-state index is 0.302. The summed E-state index contributed by atoms with van der Waals surface area (Å²) in [6.07, 6.45) is 0.924. The van der Waals surface area contributed by atoms with Crippen molar-refractivity contribution in [2.24, 2.45) is 0 Å². The summed E-state index contributed by atoms with van der Waals surface area (Å²) < 4.78 is 2.40. The van der Waals surface area contributed by atoms with Crippen LogP contribution in [0.15, 0.2) is 28.1 Å². The first kappa shape index (κ1) is 14.4. The molecule has 0 saturated carbocycles. The van der Waals surface area contributed by atoms with Gasteiger partial charge < -0.3 is 5.32 Å². The van der Waals surface area contributed by atoms with Crippen molar-refractivity contribution < 1.29 is 0 Å². The van der Waals surface area contributed by atoms with Crippen molar-refractivity contribution in [3.63, 3.8) is 0 Å². The maximum Gasteiger partial charge on any atom is 0.0897 e. The number of rotatable bonds is 4. The van der Waals surface area contributed by atoms with Crippen molar-refractivity contribution in [2.75, 3.05) is 7.05 Å². The molecule has 0 saturated heterocycles. The SMILES string of the molecule is CNC(Cc1csc(C)n1)c1cc(Br)ccc1I. The van der Waals surface area contributed by atoms with Gasteiger partial charge in [0.05, 0.1) is 10.7 Å². The Morgan fingerprint density at radius 1 is 1.50 bits per heavy atom. The Labute approximate surface area is 133 Å². The lowest BCUT2D eigenvalue weighted by molar-refractivity contribution is 0.583. The molecule has 0 radical (unpaired) electrons. The molecule has 1 atom stereocenters.